The number of aryl methyl sites for hydroxylation is 1. The van der Waals surface area contributed by atoms with E-state index in [1.807, 2.05) is 19.2 Å². The number of aromatic nitrogens is 1. The Bertz CT molecular complexity index is 991. The number of carbonyl (C=O) groups excluding carboxylic acids is 1. The molecule has 3 aromatic rings. The average Bonchev–Trinajstić information content (AvgIpc) is 3.25. The SMILES string of the molecule is C=C1CCc2cc(Nc3c(C(=O)CCC)sc4cnccc34)ccc21.CO. The first-order valence-corrected chi connectivity index (χ1v) is 9.91. The molecule has 0 saturated heterocycles. The molecule has 0 fully saturated rings. The molecule has 1 aliphatic carbocycles. The topological polar surface area (TPSA) is 62.2 Å². The first-order chi connectivity index (χ1) is 13.2. The highest BCUT2D eigenvalue weighted by Gasteiger charge is 2.19. The van der Waals surface area contributed by atoms with Crippen LogP contribution in [0, 0.1) is 0 Å². The number of fused-ring (bicyclic) bond motifs is 2. The fraction of sp³-hybridized carbons (Fsp3) is 0.273. The van der Waals surface area contributed by atoms with Crippen LogP contribution in [0.1, 0.15) is 47.0 Å². The molecule has 5 heteroatoms. The van der Waals surface area contributed by atoms with Crippen molar-refractivity contribution in [3.8, 4) is 0 Å². The maximum atomic E-state index is 12.6. The second kappa shape index (κ2) is 8.46. The average molecular weight is 381 g/mol. The Kier molecular flexibility index (Phi) is 6.04. The van der Waals surface area contributed by atoms with Gasteiger partial charge in [0.1, 0.15) is 0 Å². The van der Waals surface area contributed by atoms with Crippen molar-refractivity contribution in [1.82, 2.24) is 4.98 Å². The molecule has 27 heavy (non-hydrogen) atoms. The van der Waals surface area contributed by atoms with Gasteiger partial charge in [0, 0.05) is 37.0 Å². The number of carbonyl (C=O) groups is 1. The number of pyridine rings is 1. The number of benzene rings is 1. The van der Waals surface area contributed by atoms with Crippen LogP contribution >= 0.6 is 11.3 Å². The molecule has 2 heterocycles. The molecule has 0 amide bonds. The van der Waals surface area contributed by atoms with Crippen LogP contribution in [0.4, 0.5) is 11.4 Å². The Hall–Kier alpha value is -2.50. The largest absolute Gasteiger partial charge is 0.400 e. The summed E-state index contributed by atoms with van der Waals surface area (Å²) in [4.78, 5) is 17.6. The normalized spacial score (nSPS) is 12.5. The van der Waals surface area contributed by atoms with Gasteiger partial charge in [-0.1, -0.05) is 19.6 Å². The van der Waals surface area contributed by atoms with E-state index in [-0.39, 0.29) is 5.78 Å². The fourth-order valence-corrected chi connectivity index (χ4v) is 4.49. The van der Waals surface area contributed by atoms with Gasteiger partial charge in [-0.2, -0.15) is 0 Å². The molecular formula is C22H24N2O2S. The van der Waals surface area contributed by atoms with Crippen LogP contribution in [0.2, 0.25) is 0 Å². The quantitative estimate of drug-likeness (QED) is 0.566. The van der Waals surface area contributed by atoms with Gasteiger partial charge in [0.25, 0.3) is 0 Å². The van der Waals surface area contributed by atoms with Crippen molar-refractivity contribution in [2.45, 2.75) is 32.6 Å². The van der Waals surface area contributed by atoms with Crippen molar-refractivity contribution >= 4 is 44.2 Å². The molecule has 1 aromatic carbocycles. The monoisotopic (exact) mass is 380 g/mol. The molecule has 2 aromatic heterocycles. The predicted octanol–water partition coefficient (Wildman–Crippen LogP) is 5.59. The number of hydrogen-bond donors (Lipinski definition) is 2. The van der Waals surface area contributed by atoms with E-state index in [0.717, 1.165) is 52.7 Å². The van der Waals surface area contributed by atoms with Crippen molar-refractivity contribution in [2.24, 2.45) is 0 Å². The molecule has 4 rings (SSSR count). The van der Waals surface area contributed by atoms with Crippen LogP contribution in [0.15, 0.2) is 43.2 Å². The smallest absolute Gasteiger partial charge is 0.174 e. The lowest BCUT2D eigenvalue weighted by Crippen LogP contribution is -2.00. The zero-order valence-corrected chi connectivity index (χ0v) is 16.5. The second-order valence-corrected chi connectivity index (χ2v) is 7.50. The molecule has 2 N–H and O–H groups in total. The number of allylic oxidation sites excluding steroid dienone is 1. The highest BCUT2D eigenvalue weighted by molar-refractivity contribution is 7.21. The van der Waals surface area contributed by atoms with E-state index in [0.29, 0.717) is 6.42 Å². The van der Waals surface area contributed by atoms with E-state index in [9.17, 15) is 4.79 Å². The summed E-state index contributed by atoms with van der Waals surface area (Å²) in [5.41, 5.74) is 5.76. The summed E-state index contributed by atoms with van der Waals surface area (Å²) >= 11 is 1.53. The molecule has 0 radical (unpaired) electrons. The number of thiophene rings is 1. The lowest BCUT2D eigenvalue weighted by molar-refractivity contribution is 0.0986. The number of Topliss-reactive ketones (excluding diaryl/α,β-unsaturated/α-hetero) is 1. The van der Waals surface area contributed by atoms with Gasteiger partial charge in [-0.05, 0) is 54.2 Å². The van der Waals surface area contributed by atoms with Gasteiger partial charge in [0.15, 0.2) is 5.78 Å². The zero-order valence-electron chi connectivity index (χ0n) is 15.7. The van der Waals surface area contributed by atoms with Crippen LogP contribution in [-0.2, 0) is 6.42 Å². The molecule has 0 saturated carbocycles. The highest BCUT2D eigenvalue weighted by atomic mass is 32.1. The molecule has 0 unspecified atom stereocenters. The van der Waals surface area contributed by atoms with Crippen molar-refractivity contribution in [3.05, 3.63) is 59.2 Å². The van der Waals surface area contributed by atoms with E-state index < -0.39 is 0 Å². The number of aliphatic hydroxyl groups is 1. The summed E-state index contributed by atoms with van der Waals surface area (Å²) in [6.07, 6.45) is 7.11. The Labute approximate surface area is 163 Å². The molecular weight excluding hydrogens is 356 g/mol. The first kappa shape index (κ1) is 19.3. The number of nitrogens with one attached hydrogen (secondary N) is 1. The van der Waals surface area contributed by atoms with Gasteiger partial charge < -0.3 is 10.4 Å². The minimum Gasteiger partial charge on any atom is -0.400 e. The summed E-state index contributed by atoms with van der Waals surface area (Å²) in [7, 11) is 1.00. The Morgan fingerprint density at radius 3 is 2.89 bits per heavy atom. The Balaban J connectivity index is 0.00000102. The minimum absolute atomic E-state index is 0.195. The summed E-state index contributed by atoms with van der Waals surface area (Å²) in [5, 5.41) is 11.6. The third-order valence-corrected chi connectivity index (χ3v) is 5.86. The molecule has 140 valence electrons. The van der Waals surface area contributed by atoms with Gasteiger partial charge in [0.05, 0.1) is 15.3 Å². The molecule has 0 spiro atoms. The van der Waals surface area contributed by atoms with E-state index in [2.05, 4.69) is 35.1 Å². The van der Waals surface area contributed by atoms with Gasteiger partial charge in [0.2, 0.25) is 0 Å². The minimum atomic E-state index is 0.195. The number of aliphatic hydroxyl groups excluding tert-OH is 1. The van der Waals surface area contributed by atoms with E-state index in [4.69, 9.17) is 5.11 Å². The molecule has 4 nitrogen and oxygen atoms in total. The molecule has 0 atom stereocenters. The van der Waals surface area contributed by atoms with Gasteiger partial charge in [-0.15, -0.1) is 11.3 Å². The van der Waals surface area contributed by atoms with E-state index in [1.165, 1.54) is 28.0 Å². The van der Waals surface area contributed by atoms with Crippen LogP contribution in [0.3, 0.4) is 0 Å². The van der Waals surface area contributed by atoms with E-state index in [1.54, 1.807) is 6.20 Å². The lowest BCUT2D eigenvalue weighted by atomic mass is 10.1. The van der Waals surface area contributed by atoms with Gasteiger partial charge >= 0.3 is 0 Å². The fourth-order valence-electron chi connectivity index (χ4n) is 3.40. The molecule has 0 bridgehead atoms. The Morgan fingerprint density at radius 2 is 2.11 bits per heavy atom. The third-order valence-electron chi connectivity index (χ3n) is 4.67. The maximum Gasteiger partial charge on any atom is 0.174 e. The first-order valence-electron chi connectivity index (χ1n) is 9.10. The van der Waals surface area contributed by atoms with Crippen molar-refractivity contribution < 1.29 is 9.90 Å². The van der Waals surface area contributed by atoms with Crippen LogP contribution in [0.5, 0.6) is 0 Å². The number of hydrogen-bond acceptors (Lipinski definition) is 5. The van der Waals surface area contributed by atoms with E-state index >= 15 is 0 Å². The van der Waals surface area contributed by atoms with Crippen molar-refractivity contribution in [3.63, 3.8) is 0 Å². The second-order valence-electron chi connectivity index (χ2n) is 6.45. The van der Waals surface area contributed by atoms with Crippen molar-refractivity contribution in [2.75, 3.05) is 12.4 Å². The Morgan fingerprint density at radius 1 is 1.30 bits per heavy atom. The zero-order chi connectivity index (χ0) is 19.4. The van der Waals surface area contributed by atoms with Crippen LogP contribution in [0.25, 0.3) is 15.7 Å². The summed E-state index contributed by atoms with van der Waals surface area (Å²) < 4.78 is 1.04. The summed E-state index contributed by atoms with van der Waals surface area (Å²) in [6.45, 7) is 6.16. The lowest BCUT2D eigenvalue weighted by Gasteiger charge is -2.10. The number of anilines is 2. The maximum absolute atomic E-state index is 12.6. The van der Waals surface area contributed by atoms with Crippen LogP contribution in [-0.4, -0.2) is 23.0 Å². The van der Waals surface area contributed by atoms with Crippen LogP contribution < -0.4 is 5.32 Å². The summed E-state index contributed by atoms with van der Waals surface area (Å²) in [5.74, 6) is 0.195. The standard InChI is InChI=1S/C21H20N2OS.CH4O/c1-3-4-18(24)21-20(17-9-10-22-12-19(17)25-21)23-15-7-8-16-13(2)5-6-14(16)11-15;1-2/h7-12,23H,2-6H2,1H3;2H,1H3. The highest BCUT2D eigenvalue weighted by Crippen LogP contribution is 2.39. The predicted molar refractivity (Wildman–Crippen MR) is 114 cm³/mol. The molecule has 0 aliphatic heterocycles. The van der Waals surface area contributed by atoms with Crippen molar-refractivity contribution in [1.29, 1.82) is 0 Å². The van der Waals surface area contributed by atoms with Gasteiger partial charge in [-0.3, -0.25) is 9.78 Å². The number of ketones is 1. The third kappa shape index (κ3) is 3.80. The summed E-state index contributed by atoms with van der Waals surface area (Å²) in [6, 6.07) is 8.38. The number of rotatable bonds is 5. The van der Waals surface area contributed by atoms with Gasteiger partial charge in [-0.25, -0.2) is 0 Å². The number of nitrogens with zero attached hydrogens (tertiary/aromatic N) is 1. The molecule has 1 aliphatic rings.